The second-order valence-corrected chi connectivity index (χ2v) is 20.2. The van der Waals surface area contributed by atoms with Gasteiger partial charge in [-0.1, -0.05) is 213 Å². The van der Waals surface area contributed by atoms with Crippen LogP contribution in [0.15, 0.2) is 238 Å². The number of hydrogen-bond acceptors (Lipinski definition) is 2. The molecule has 79 heavy (non-hydrogen) atoms. The molecule has 0 amide bonds. The van der Waals surface area contributed by atoms with Gasteiger partial charge in [-0.3, -0.25) is 0 Å². The third kappa shape index (κ3) is 12.4. The highest BCUT2D eigenvalue weighted by atomic mass is 32.1. The Balaban J connectivity index is 0.00000107. The molecule has 0 fully saturated rings. The van der Waals surface area contributed by atoms with E-state index >= 15 is 0 Å². The number of hydrogen-bond donors (Lipinski definition) is 0. The molecule has 0 N–H and O–H groups in total. The van der Waals surface area contributed by atoms with Crippen LogP contribution in [0, 0.1) is 6.92 Å². The maximum absolute atomic E-state index is 4.34. The molecule has 400 valence electrons. The van der Waals surface area contributed by atoms with Crippen molar-refractivity contribution >= 4 is 77.6 Å². The normalized spacial score (nSPS) is 12.2. The first-order valence-corrected chi connectivity index (χ1v) is 29.2. The van der Waals surface area contributed by atoms with Gasteiger partial charge >= 0.3 is 0 Å². The van der Waals surface area contributed by atoms with Crippen LogP contribution in [0.2, 0.25) is 0 Å². The zero-order chi connectivity index (χ0) is 56.4. The second kappa shape index (κ2) is 28.4. The molecular weight excluding hydrogens is 973 g/mol. The van der Waals surface area contributed by atoms with Crippen molar-refractivity contribution in [3.63, 3.8) is 0 Å². The first-order chi connectivity index (χ1) is 38.8. The van der Waals surface area contributed by atoms with Crippen LogP contribution in [0.3, 0.4) is 0 Å². The first-order valence-electron chi connectivity index (χ1n) is 28.4. The van der Waals surface area contributed by atoms with E-state index in [1.54, 1.807) is 12.2 Å². The number of aromatic nitrogens is 1. The van der Waals surface area contributed by atoms with Gasteiger partial charge in [0.1, 0.15) is 0 Å². The molecule has 2 nitrogen and oxygen atoms in total. The predicted molar refractivity (Wildman–Crippen MR) is 357 cm³/mol. The number of nitrogens with zero attached hydrogens (tertiary/aromatic N) is 2. The number of benzene rings is 7. The van der Waals surface area contributed by atoms with Gasteiger partial charge in [-0.15, -0.1) is 11.3 Å². The molecule has 0 saturated heterocycles. The van der Waals surface area contributed by atoms with Gasteiger partial charge < -0.3 is 9.47 Å². The lowest BCUT2D eigenvalue weighted by Gasteiger charge is -2.31. The van der Waals surface area contributed by atoms with Crippen molar-refractivity contribution in [1.82, 2.24) is 4.57 Å². The minimum absolute atomic E-state index is 1.01. The Morgan fingerprint density at radius 2 is 1.33 bits per heavy atom. The molecule has 0 unspecified atom stereocenters. The maximum Gasteiger partial charge on any atom is 0.0547 e. The van der Waals surface area contributed by atoms with Crippen molar-refractivity contribution in [2.75, 3.05) is 4.90 Å². The van der Waals surface area contributed by atoms with E-state index in [0.717, 1.165) is 77.0 Å². The summed E-state index contributed by atoms with van der Waals surface area (Å²) in [5, 5.41) is 3.80. The fourth-order valence-electron chi connectivity index (χ4n) is 10.8. The molecule has 0 radical (unpaired) electrons. The van der Waals surface area contributed by atoms with Crippen molar-refractivity contribution < 1.29 is 0 Å². The molecule has 0 saturated carbocycles. The summed E-state index contributed by atoms with van der Waals surface area (Å²) >= 11 is 1.95. The standard InChI is InChI=1S/C68H62N2S.C4H6.2C2H6/c1-8-13-23-49-24-15-16-26-57(49)67-47(7)56(55(12-5)46(6)22-10-3)42-43-64(67)69(53-38-33-48(34-39-53)51-37-44-66-61(45-51)59-27-18-20-32-65(59)71-66)54-40-35-50(36-41-54)58-29-21-31-63-68(58)60-28-17-19-30-62(60)70(63)52(11-4)25-14-9-2;1-3-4-2;2*1-2/h9-12,14-19,21-22,24-31,33-45H,4-5,8,13,20,23,32H2,1-3,6-7H3;3-4H,1-2H2;2*1-2H3/b14-9-,22-10-,52-25+,55-46+;;;. The lowest BCUT2D eigenvalue weighted by molar-refractivity contribution is 0.796. The molecule has 0 bridgehead atoms. The van der Waals surface area contributed by atoms with E-state index in [0.29, 0.717) is 0 Å². The summed E-state index contributed by atoms with van der Waals surface area (Å²) in [6.45, 7) is 34.2. The van der Waals surface area contributed by atoms with Gasteiger partial charge in [0, 0.05) is 48.4 Å². The summed E-state index contributed by atoms with van der Waals surface area (Å²) in [7, 11) is 0. The molecule has 3 heteroatoms. The van der Waals surface area contributed by atoms with Crippen LogP contribution in [0.5, 0.6) is 0 Å². The van der Waals surface area contributed by atoms with Gasteiger partial charge in [-0.05, 0) is 181 Å². The number of thiophene rings is 1. The summed E-state index contributed by atoms with van der Waals surface area (Å²) in [4.78, 5) is 3.98. The molecule has 10 rings (SSSR count). The predicted octanol–water partition coefficient (Wildman–Crippen LogP) is 23.6. The Hall–Kier alpha value is -8.24. The lowest BCUT2D eigenvalue weighted by atomic mass is 9.86. The van der Waals surface area contributed by atoms with Gasteiger partial charge in [-0.25, -0.2) is 0 Å². The topological polar surface area (TPSA) is 8.17 Å². The van der Waals surface area contributed by atoms with Crippen LogP contribution in [0.1, 0.15) is 102 Å². The van der Waals surface area contributed by atoms with Crippen LogP contribution < -0.4 is 4.90 Å². The first kappa shape index (κ1) is 58.4. The molecule has 0 spiro atoms. The number of aryl methyl sites for hydroxylation is 2. The highest BCUT2D eigenvalue weighted by molar-refractivity contribution is 7.19. The molecule has 7 aromatic carbocycles. The monoisotopic (exact) mass is 1050 g/mol. The highest BCUT2D eigenvalue weighted by Gasteiger charge is 2.24. The van der Waals surface area contributed by atoms with Gasteiger partial charge in [-0.2, -0.15) is 0 Å². The minimum atomic E-state index is 1.01. The average molecular weight is 1050 g/mol. The Bertz CT molecular complexity index is 3740. The maximum atomic E-state index is 4.34. The minimum Gasteiger partial charge on any atom is -0.310 e. The number of unbranched alkanes of at least 4 members (excludes halogenated alkanes) is 1. The van der Waals surface area contributed by atoms with Crippen molar-refractivity contribution in [2.24, 2.45) is 0 Å². The van der Waals surface area contributed by atoms with E-state index in [1.165, 1.54) is 81.4 Å². The van der Waals surface area contributed by atoms with E-state index in [2.05, 4.69) is 252 Å². The van der Waals surface area contributed by atoms with E-state index < -0.39 is 0 Å². The number of anilines is 3. The lowest BCUT2D eigenvalue weighted by Crippen LogP contribution is -2.13. The highest BCUT2D eigenvalue weighted by Crippen LogP contribution is 2.48. The van der Waals surface area contributed by atoms with Crippen LogP contribution in [0.4, 0.5) is 17.1 Å². The molecule has 9 aromatic rings. The Morgan fingerprint density at radius 1 is 0.671 bits per heavy atom. The zero-order valence-corrected chi connectivity index (χ0v) is 49.2. The number of para-hydroxylation sites is 1. The van der Waals surface area contributed by atoms with Crippen LogP contribution in [-0.2, 0) is 12.8 Å². The van der Waals surface area contributed by atoms with Crippen LogP contribution in [-0.4, -0.2) is 4.57 Å². The van der Waals surface area contributed by atoms with Crippen LogP contribution in [0.25, 0.3) is 82.6 Å². The largest absolute Gasteiger partial charge is 0.310 e. The third-order valence-corrected chi connectivity index (χ3v) is 15.7. The van der Waals surface area contributed by atoms with Crippen molar-refractivity contribution in [3.8, 4) is 33.4 Å². The van der Waals surface area contributed by atoms with Gasteiger partial charge in [0.05, 0.1) is 16.7 Å². The van der Waals surface area contributed by atoms with Crippen molar-refractivity contribution in [1.29, 1.82) is 0 Å². The molecule has 0 aliphatic heterocycles. The molecule has 0 atom stereocenters. The molecule has 2 heterocycles. The van der Waals surface area contributed by atoms with E-state index in [-0.39, 0.29) is 0 Å². The fraction of sp³-hybridized carbons (Fsp3) is 0.184. The molecule has 2 aromatic heterocycles. The Kier molecular flexibility index (Phi) is 21.0. The van der Waals surface area contributed by atoms with Crippen LogP contribution >= 0.6 is 11.3 Å². The summed E-state index contributed by atoms with van der Waals surface area (Å²) in [6.07, 6.45) is 28.0. The summed E-state index contributed by atoms with van der Waals surface area (Å²) in [6, 6.07) is 54.6. The summed E-state index contributed by atoms with van der Waals surface area (Å²) < 4.78 is 3.70. The quantitative estimate of drug-likeness (QED) is 0.0876. The average Bonchev–Trinajstić information content (AvgIpc) is 4.24. The van der Waals surface area contributed by atoms with E-state index in [4.69, 9.17) is 0 Å². The number of rotatable bonds is 16. The molecule has 1 aliphatic carbocycles. The summed E-state index contributed by atoms with van der Waals surface area (Å²) in [5.74, 6) is 0. The van der Waals surface area contributed by atoms with Gasteiger partial charge in [0.15, 0.2) is 0 Å². The Labute approximate surface area is 477 Å². The fourth-order valence-corrected chi connectivity index (χ4v) is 12.0. The van der Waals surface area contributed by atoms with E-state index in [9.17, 15) is 0 Å². The molecule has 1 aliphatic rings. The van der Waals surface area contributed by atoms with E-state index in [1.807, 2.05) is 58.1 Å². The van der Waals surface area contributed by atoms with Gasteiger partial charge in [0.2, 0.25) is 0 Å². The number of allylic oxidation sites excluding steroid dienone is 13. The second-order valence-electron chi connectivity index (χ2n) is 19.1. The van der Waals surface area contributed by atoms with Crippen molar-refractivity contribution in [2.45, 2.75) is 94.4 Å². The summed E-state index contributed by atoms with van der Waals surface area (Å²) in [5.41, 5.74) is 21.5. The van der Waals surface area contributed by atoms with Gasteiger partial charge in [0.25, 0.3) is 0 Å². The SMILES string of the molecule is C=C/C(=C\C=C/C)n1c2ccccc2c2c(-c3ccc(N(c4ccc(-c5ccc6sc7c(c6c5)C=CCC7)cc4)c4ccc(/C(C=C)=C(C)/C=C\C)c(C)c4-c4ccccc4CCCC)cc3)cccc21.C=CC=C.CC.CC. The number of fused-ring (bicyclic) bond motifs is 6. The van der Waals surface area contributed by atoms with Crippen molar-refractivity contribution in [3.05, 3.63) is 265 Å². The molecular formula is C76H80N2S. The third-order valence-electron chi connectivity index (χ3n) is 14.4. The smallest absolute Gasteiger partial charge is 0.0547 e. The zero-order valence-electron chi connectivity index (χ0n) is 48.4. The Morgan fingerprint density at radius 3 is 2.00 bits per heavy atom.